The van der Waals surface area contributed by atoms with E-state index in [4.69, 9.17) is 0 Å². The summed E-state index contributed by atoms with van der Waals surface area (Å²) in [5.41, 5.74) is 1.45. The number of piperidine rings is 1. The number of nitrogens with one attached hydrogen (secondary N) is 2. The molecule has 7 heteroatoms. The second kappa shape index (κ2) is 6.66. The minimum absolute atomic E-state index is 0.0811. The van der Waals surface area contributed by atoms with Gasteiger partial charge in [0.15, 0.2) is 0 Å². The maximum atomic E-state index is 12.2. The summed E-state index contributed by atoms with van der Waals surface area (Å²) < 4.78 is 24.8. The van der Waals surface area contributed by atoms with Crippen LogP contribution in [-0.2, 0) is 16.6 Å². The van der Waals surface area contributed by atoms with Gasteiger partial charge in [-0.3, -0.25) is 4.79 Å². The summed E-state index contributed by atoms with van der Waals surface area (Å²) in [5, 5.41) is 4.43. The molecule has 2 heterocycles. The molecule has 2 unspecified atom stereocenters. The minimum Gasteiger partial charge on any atom is -0.322 e. The molecule has 130 valence electrons. The zero-order valence-electron chi connectivity index (χ0n) is 14.0. The van der Waals surface area contributed by atoms with Gasteiger partial charge in [0.2, 0.25) is 10.0 Å². The van der Waals surface area contributed by atoms with Crippen molar-refractivity contribution in [1.82, 2.24) is 14.6 Å². The fourth-order valence-electron chi connectivity index (χ4n) is 3.28. The Balaban J connectivity index is 1.68. The average Bonchev–Trinajstić information content (AvgIpc) is 2.53. The van der Waals surface area contributed by atoms with E-state index in [0.717, 1.165) is 17.3 Å². The molecular formula is C17H23N3O3S. The molecule has 0 aliphatic carbocycles. The SMILES string of the molecule is CC1CN(S(C)(=O)=O)CCC1NCc1cc2ccccc2[nH]c1=O. The van der Waals surface area contributed by atoms with Gasteiger partial charge in [-0.15, -0.1) is 0 Å². The van der Waals surface area contributed by atoms with Gasteiger partial charge in [-0.05, 0) is 29.9 Å². The van der Waals surface area contributed by atoms with E-state index >= 15 is 0 Å². The van der Waals surface area contributed by atoms with Crippen molar-refractivity contribution in [2.24, 2.45) is 5.92 Å². The Bertz CT molecular complexity index is 891. The Labute approximate surface area is 141 Å². The molecule has 0 radical (unpaired) electrons. The van der Waals surface area contributed by atoms with Crippen LogP contribution in [0.3, 0.4) is 0 Å². The molecular weight excluding hydrogens is 326 g/mol. The minimum atomic E-state index is -3.13. The first-order valence-electron chi connectivity index (χ1n) is 8.14. The molecule has 0 amide bonds. The molecule has 1 aliphatic heterocycles. The van der Waals surface area contributed by atoms with Crippen LogP contribution >= 0.6 is 0 Å². The van der Waals surface area contributed by atoms with E-state index in [1.165, 1.54) is 10.6 Å². The van der Waals surface area contributed by atoms with Crippen molar-refractivity contribution in [3.05, 3.63) is 46.2 Å². The van der Waals surface area contributed by atoms with Gasteiger partial charge in [0, 0.05) is 36.8 Å². The van der Waals surface area contributed by atoms with E-state index < -0.39 is 10.0 Å². The molecule has 0 spiro atoms. The maximum Gasteiger partial charge on any atom is 0.252 e. The van der Waals surface area contributed by atoms with E-state index in [0.29, 0.717) is 25.2 Å². The molecule has 0 bridgehead atoms. The number of benzene rings is 1. The number of pyridine rings is 1. The second-order valence-corrected chi connectivity index (χ2v) is 8.57. The lowest BCUT2D eigenvalue weighted by Gasteiger charge is -2.36. The number of hydrogen-bond donors (Lipinski definition) is 2. The number of fused-ring (bicyclic) bond motifs is 1. The Morgan fingerprint density at radius 1 is 1.33 bits per heavy atom. The van der Waals surface area contributed by atoms with Crippen LogP contribution in [0.1, 0.15) is 18.9 Å². The first-order valence-corrected chi connectivity index (χ1v) is 9.99. The zero-order valence-corrected chi connectivity index (χ0v) is 14.8. The Morgan fingerprint density at radius 3 is 2.79 bits per heavy atom. The maximum absolute atomic E-state index is 12.2. The van der Waals surface area contributed by atoms with Crippen molar-refractivity contribution in [1.29, 1.82) is 0 Å². The Hall–Kier alpha value is -1.70. The molecule has 1 aliphatic rings. The first kappa shape index (κ1) is 17.1. The number of aromatic nitrogens is 1. The molecule has 6 nitrogen and oxygen atoms in total. The molecule has 2 N–H and O–H groups in total. The molecule has 1 aromatic heterocycles. The topological polar surface area (TPSA) is 82.3 Å². The van der Waals surface area contributed by atoms with E-state index in [1.54, 1.807) is 0 Å². The summed E-state index contributed by atoms with van der Waals surface area (Å²) in [6.07, 6.45) is 2.00. The van der Waals surface area contributed by atoms with Gasteiger partial charge in [0.25, 0.3) is 5.56 Å². The zero-order chi connectivity index (χ0) is 17.3. The summed E-state index contributed by atoms with van der Waals surface area (Å²) in [6.45, 7) is 3.56. The van der Waals surface area contributed by atoms with Gasteiger partial charge in [-0.1, -0.05) is 25.1 Å². The van der Waals surface area contributed by atoms with Crippen molar-refractivity contribution in [3.8, 4) is 0 Å². The van der Waals surface area contributed by atoms with E-state index in [-0.39, 0.29) is 17.5 Å². The van der Waals surface area contributed by atoms with Crippen LogP contribution in [-0.4, -0.2) is 43.1 Å². The first-order chi connectivity index (χ1) is 11.3. The van der Waals surface area contributed by atoms with Crippen molar-refractivity contribution < 1.29 is 8.42 Å². The highest BCUT2D eigenvalue weighted by Gasteiger charge is 2.30. The smallest absolute Gasteiger partial charge is 0.252 e. The molecule has 1 aromatic carbocycles. The number of nitrogens with zero attached hydrogens (tertiary/aromatic N) is 1. The van der Waals surface area contributed by atoms with Crippen molar-refractivity contribution >= 4 is 20.9 Å². The molecule has 1 fully saturated rings. The van der Waals surface area contributed by atoms with Crippen molar-refractivity contribution in [3.63, 3.8) is 0 Å². The normalized spacial score (nSPS) is 22.8. The van der Waals surface area contributed by atoms with Crippen molar-refractivity contribution in [2.45, 2.75) is 25.9 Å². The number of sulfonamides is 1. The van der Waals surface area contributed by atoms with E-state index in [1.807, 2.05) is 37.3 Å². The van der Waals surface area contributed by atoms with Crippen LogP contribution in [0.5, 0.6) is 0 Å². The third-order valence-corrected chi connectivity index (χ3v) is 5.99. The lowest BCUT2D eigenvalue weighted by atomic mass is 9.95. The van der Waals surface area contributed by atoms with E-state index in [9.17, 15) is 13.2 Å². The predicted octanol–water partition coefficient (Wildman–Crippen LogP) is 1.29. The van der Waals surface area contributed by atoms with Gasteiger partial charge < -0.3 is 10.3 Å². The van der Waals surface area contributed by atoms with Crippen LogP contribution in [0.4, 0.5) is 0 Å². The summed E-state index contributed by atoms with van der Waals surface area (Å²) >= 11 is 0. The third kappa shape index (κ3) is 3.68. The average molecular weight is 349 g/mol. The Kier molecular flexibility index (Phi) is 4.76. The standard InChI is InChI=1S/C17H23N3O3S/c1-12-11-20(24(2,22)23)8-7-15(12)18-10-14-9-13-5-3-4-6-16(13)19-17(14)21/h3-6,9,12,15,18H,7-8,10-11H2,1-2H3,(H,19,21). The van der Waals surface area contributed by atoms with Crippen LogP contribution in [0.25, 0.3) is 10.9 Å². The molecule has 2 atom stereocenters. The number of para-hydroxylation sites is 1. The molecule has 1 saturated heterocycles. The predicted molar refractivity (Wildman–Crippen MR) is 95.4 cm³/mol. The monoisotopic (exact) mass is 349 g/mol. The highest BCUT2D eigenvalue weighted by molar-refractivity contribution is 7.88. The van der Waals surface area contributed by atoms with Crippen molar-refractivity contribution in [2.75, 3.05) is 19.3 Å². The van der Waals surface area contributed by atoms with Gasteiger partial charge in [0.1, 0.15) is 0 Å². The quantitative estimate of drug-likeness (QED) is 0.871. The molecule has 3 rings (SSSR count). The van der Waals surface area contributed by atoms with Crippen LogP contribution < -0.4 is 10.9 Å². The summed E-state index contributed by atoms with van der Waals surface area (Å²) in [4.78, 5) is 15.1. The molecule has 2 aromatic rings. The number of hydrogen-bond acceptors (Lipinski definition) is 4. The summed E-state index contributed by atoms with van der Waals surface area (Å²) in [5.74, 6) is 0.202. The van der Waals surface area contributed by atoms with Gasteiger partial charge in [-0.2, -0.15) is 0 Å². The largest absolute Gasteiger partial charge is 0.322 e. The molecule has 0 saturated carbocycles. The van der Waals surface area contributed by atoms with Crippen LogP contribution in [0, 0.1) is 5.92 Å². The van der Waals surface area contributed by atoms with Crippen LogP contribution in [0.15, 0.2) is 35.1 Å². The summed E-state index contributed by atoms with van der Waals surface area (Å²) in [7, 11) is -3.13. The van der Waals surface area contributed by atoms with Gasteiger partial charge in [0.05, 0.1) is 6.26 Å². The highest BCUT2D eigenvalue weighted by atomic mass is 32.2. The number of rotatable bonds is 4. The second-order valence-electron chi connectivity index (χ2n) is 6.59. The van der Waals surface area contributed by atoms with Gasteiger partial charge >= 0.3 is 0 Å². The Morgan fingerprint density at radius 2 is 2.08 bits per heavy atom. The summed E-state index contributed by atoms with van der Waals surface area (Å²) in [6, 6.07) is 9.82. The lowest BCUT2D eigenvalue weighted by molar-refractivity contribution is 0.220. The highest BCUT2D eigenvalue weighted by Crippen LogP contribution is 2.19. The lowest BCUT2D eigenvalue weighted by Crippen LogP contribution is -2.49. The fraction of sp³-hybridized carbons (Fsp3) is 0.471. The van der Waals surface area contributed by atoms with E-state index in [2.05, 4.69) is 10.3 Å². The number of H-pyrrole nitrogens is 1. The van der Waals surface area contributed by atoms with Gasteiger partial charge in [-0.25, -0.2) is 12.7 Å². The molecule has 24 heavy (non-hydrogen) atoms. The number of aromatic amines is 1. The third-order valence-electron chi connectivity index (χ3n) is 4.72. The van der Waals surface area contributed by atoms with Crippen LogP contribution in [0.2, 0.25) is 0 Å². The fourth-order valence-corrected chi connectivity index (χ4v) is 4.22.